The molecule has 0 N–H and O–H groups in total. The summed E-state index contributed by atoms with van der Waals surface area (Å²) in [5.41, 5.74) is 0. The Hall–Kier alpha value is -0.240. The van der Waals surface area contributed by atoms with Crippen LogP contribution < -0.4 is 0 Å². The monoisotopic (exact) mass is 337 g/mol. The highest BCUT2D eigenvalue weighted by atomic mass is 79.9. The van der Waals surface area contributed by atoms with E-state index in [0.29, 0.717) is 21.8 Å². The minimum Gasteiger partial charge on any atom is -0.303 e. The maximum atomic E-state index is 12.3. The van der Waals surface area contributed by atoms with Crippen molar-refractivity contribution in [2.75, 3.05) is 13.1 Å². The molecule has 17 heavy (non-hydrogen) atoms. The van der Waals surface area contributed by atoms with E-state index in [1.807, 2.05) is 0 Å². The van der Waals surface area contributed by atoms with E-state index in [1.54, 1.807) is 11.4 Å². The predicted molar refractivity (Wildman–Crippen MR) is 69.6 cm³/mol. The molecule has 7 heteroatoms. The Morgan fingerprint density at radius 3 is 2.88 bits per heavy atom. The van der Waals surface area contributed by atoms with Crippen LogP contribution in [0.15, 0.2) is 20.1 Å². The van der Waals surface area contributed by atoms with E-state index in [4.69, 9.17) is 0 Å². The third-order valence-electron chi connectivity index (χ3n) is 2.77. The molecule has 0 amide bonds. The topological polar surface area (TPSA) is 54.5 Å². The molecule has 1 aliphatic rings. The molecular weight excluding hydrogens is 326 g/mol. The van der Waals surface area contributed by atoms with E-state index < -0.39 is 10.0 Å². The van der Waals surface area contributed by atoms with Crippen molar-refractivity contribution < 1.29 is 13.2 Å². The van der Waals surface area contributed by atoms with Crippen LogP contribution in [0.4, 0.5) is 0 Å². The lowest BCUT2D eigenvalue weighted by atomic mass is 10.0. The van der Waals surface area contributed by atoms with E-state index >= 15 is 0 Å². The summed E-state index contributed by atoms with van der Waals surface area (Å²) < 4.78 is 27.0. The van der Waals surface area contributed by atoms with Crippen LogP contribution >= 0.6 is 27.3 Å². The number of aldehydes is 1. The number of piperidine rings is 1. The van der Waals surface area contributed by atoms with Crippen molar-refractivity contribution in [2.45, 2.75) is 17.1 Å². The third kappa shape index (κ3) is 2.62. The van der Waals surface area contributed by atoms with E-state index in [-0.39, 0.29) is 5.92 Å². The fraction of sp³-hybridized carbons (Fsp3) is 0.500. The molecule has 1 aliphatic heterocycles. The average molecular weight is 338 g/mol. The van der Waals surface area contributed by atoms with Gasteiger partial charge < -0.3 is 4.79 Å². The van der Waals surface area contributed by atoms with Crippen molar-refractivity contribution >= 4 is 43.6 Å². The minimum absolute atomic E-state index is 0.169. The SMILES string of the molecule is O=CC1CCCN(S(=O)(=O)c2sccc2Br)C1. The highest BCUT2D eigenvalue weighted by Crippen LogP contribution is 2.32. The molecule has 4 nitrogen and oxygen atoms in total. The normalized spacial score (nSPS) is 22.5. The highest BCUT2D eigenvalue weighted by molar-refractivity contribution is 9.10. The molecular formula is C10H12BrNO3S2. The molecule has 1 aromatic heterocycles. The van der Waals surface area contributed by atoms with Gasteiger partial charge in [0, 0.05) is 23.5 Å². The standard InChI is InChI=1S/C10H12BrNO3S2/c11-9-3-5-16-10(9)17(14,15)12-4-1-2-8(6-12)7-13/h3,5,7-8H,1-2,4,6H2. The van der Waals surface area contributed by atoms with Crippen LogP contribution in [0.25, 0.3) is 0 Å². The second kappa shape index (κ2) is 5.17. The molecule has 0 aliphatic carbocycles. The van der Waals surface area contributed by atoms with Gasteiger partial charge in [-0.3, -0.25) is 0 Å². The summed E-state index contributed by atoms with van der Waals surface area (Å²) in [5, 5.41) is 1.73. The van der Waals surface area contributed by atoms with Crippen molar-refractivity contribution in [3.05, 3.63) is 15.9 Å². The van der Waals surface area contributed by atoms with E-state index in [9.17, 15) is 13.2 Å². The first kappa shape index (κ1) is 13.2. The molecule has 1 unspecified atom stereocenters. The van der Waals surface area contributed by atoms with Crippen LogP contribution in [0, 0.1) is 5.92 Å². The lowest BCUT2D eigenvalue weighted by molar-refractivity contribution is -0.112. The van der Waals surface area contributed by atoms with E-state index in [0.717, 1.165) is 19.1 Å². The number of carbonyl (C=O) groups excluding carboxylic acids is 1. The van der Waals surface area contributed by atoms with Crippen LogP contribution in [0.5, 0.6) is 0 Å². The van der Waals surface area contributed by atoms with Gasteiger partial charge in [0.2, 0.25) is 0 Å². The Morgan fingerprint density at radius 1 is 1.53 bits per heavy atom. The number of hydrogen-bond donors (Lipinski definition) is 0. The summed E-state index contributed by atoms with van der Waals surface area (Å²) in [6, 6.07) is 1.72. The number of hydrogen-bond acceptors (Lipinski definition) is 4. The summed E-state index contributed by atoms with van der Waals surface area (Å²) in [4.78, 5) is 10.8. The molecule has 2 rings (SSSR count). The van der Waals surface area contributed by atoms with Crippen LogP contribution in [-0.4, -0.2) is 32.1 Å². The maximum absolute atomic E-state index is 12.3. The second-order valence-corrected chi connectivity index (χ2v) is 7.86. The van der Waals surface area contributed by atoms with Gasteiger partial charge >= 0.3 is 0 Å². The molecule has 0 aromatic carbocycles. The zero-order chi connectivity index (χ0) is 12.5. The van der Waals surface area contributed by atoms with E-state index in [1.165, 1.54) is 15.6 Å². The van der Waals surface area contributed by atoms with Gasteiger partial charge in [0.25, 0.3) is 10.0 Å². The van der Waals surface area contributed by atoms with Gasteiger partial charge in [-0.15, -0.1) is 11.3 Å². The van der Waals surface area contributed by atoms with Crippen molar-refractivity contribution in [3.8, 4) is 0 Å². The summed E-state index contributed by atoms with van der Waals surface area (Å²) in [6.07, 6.45) is 2.37. The lowest BCUT2D eigenvalue weighted by Gasteiger charge is -2.28. The average Bonchev–Trinajstić information content (AvgIpc) is 2.76. The molecule has 0 radical (unpaired) electrons. The number of rotatable bonds is 3. The Labute approximate surface area is 113 Å². The second-order valence-electron chi connectivity index (χ2n) is 3.96. The molecule has 2 heterocycles. The van der Waals surface area contributed by atoms with Crippen LogP contribution in [-0.2, 0) is 14.8 Å². The molecule has 0 spiro atoms. The first-order valence-electron chi connectivity index (χ1n) is 5.24. The van der Waals surface area contributed by atoms with Crippen molar-refractivity contribution in [1.29, 1.82) is 0 Å². The largest absolute Gasteiger partial charge is 0.303 e. The molecule has 94 valence electrons. The van der Waals surface area contributed by atoms with Crippen molar-refractivity contribution in [1.82, 2.24) is 4.31 Å². The third-order valence-corrected chi connectivity index (χ3v) is 7.28. The zero-order valence-corrected chi connectivity index (χ0v) is 12.2. The van der Waals surface area contributed by atoms with Crippen LogP contribution in [0.1, 0.15) is 12.8 Å². The van der Waals surface area contributed by atoms with Gasteiger partial charge in [-0.25, -0.2) is 8.42 Å². The van der Waals surface area contributed by atoms with Crippen LogP contribution in [0.2, 0.25) is 0 Å². The molecule has 0 saturated carbocycles. The maximum Gasteiger partial charge on any atom is 0.253 e. The Balaban J connectivity index is 2.27. The van der Waals surface area contributed by atoms with Crippen LogP contribution in [0.3, 0.4) is 0 Å². The molecule has 1 atom stereocenters. The minimum atomic E-state index is -3.45. The highest BCUT2D eigenvalue weighted by Gasteiger charge is 2.32. The summed E-state index contributed by atoms with van der Waals surface area (Å²) >= 11 is 4.43. The summed E-state index contributed by atoms with van der Waals surface area (Å²) in [5.74, 6) is -0.169. The van der Waals surface area contributed by atoms with Gasteiger partial charge in [0.15, 0.2) is 0 Å². The number of sulfonamides is 1. The van der Waals surface area contributed by atoms with Gasteiger partial charge in [0.05, 0.1) is 0 Å². The van der Waals surface area contributed by atoms with Gasteiger partial charge in [0.1, 0.15) is 10.5 Å². The molecule has 1 fully saturated rings. The van der Waals surface area contributed by atoms with Crippen molar-refractivity contribution in [2.24, 2.45) is 5.92 Å². The van der Waals surface area contributed by atoms with Gasteiger partial charge in [-0.05, 0) is 40.2 Å². The smallest absolute Gasteiger partial charge is 0.253 e. The molecule has 0 bridgehead atoms. The predicted octanol–water partition coefficient (Wildman–Crippen LogP) is 2.11. The zero-order valence-electron chi connectivity index (χ0n) is 9.00. The molecule has 1 aromatic rings. The Kier molecular flexibility index (Phi) is 4.02. The van der Waals surface area contributed by atoms with Gasteiger partial charge in [-0.2, -0.15) is 4.31 Å². The van der Waals surface area contributed by atoms with Crippen molar-refractivity contribution in [3.63, 3.8) is 0 Å². The Morgan fingerprint density at radius 2 is 2.29 bits per heavy atom. The first-order valence-corrected chi connectivity index (χ1v) is 8.35. The summed E-state index contributed by atoms with van der Waals surface area (Å²) in [6.45, 7) is 0.799. The lowest BCUT2D eigenvalue weighted by Crippen LogP contribution is -2.40. The fourth-order valence-electron chi connectivity index (χ4n) is 1.88. The molecule has 1 saturated heterocycles. The van der Waals surface area contributed by atoms with Gasteiger partial charge in [-0.1, -0.05) is 0 Å². The number of carbonyl (C=O) groups is 1. The van der Waals surface area contributed by atoms with E-state index in [2.05, 4.69) is 15.9 Å². The first-order chi connectivity index (χ1) is 8.05. The fourth-order valence-corrected chi connectivity index (χ4v) is 5.87. The quantitative estimate of drug-likeness (QED) is 0.793. The number of halogens is 1. The number of thiophene rings is 1. The summed E-state index contributed by atoms with van der Waals surface area (Å²) in [7, 11) is -3.45. The Bertz CT molecular complexity index is 511. The number of nitrogens with zero attached hydrogens (tertiary/aromatic N) is 1.